The lowest BCUT2D eigenvalue weighted by molar-refractivity contribution is 0.148. The standard InChI is InChI=1S/C22H29N3O2/c1-5-16(2)19-14-17(3)21(18(4)15-19)27-22(26)25-12-10-24(11-13-25)20-6-8-23-9-7-20/h6-9,14-16H,5,10-13H2,1-4H3. The summed E-state index contributed by atoms with van der Waals surface area (Å²) in [4.78, 5) is 20.8. The molecule has 1 aromatic carbocycles. The second kappa shape index (κ2) is 8.42. The van der Waals surface area contributed by atoms with Crippen molar-refractivity contribution in [2.45, 2.75) is 40.0 Å². The number of rotatable bonds is 4. The van der Waals surface area contributed by atoms with E-state index in [0.29, 0.717) is 24.8 Å². The van der Waals surface area contributed by atoms with Gasteiger partial charge in [-0.05, 0) is 55.0 Å². The van der Waals surface area contributed by atoms with Gasteiger partial charge in [0, 0.05) is 44.3 Å². The van der Waals surface area contributed by atoms with Gasteiger partial charge in [0.2, 0.25) is 0 Å². The van der Waals surface area contributed by atoms with Crippen LogP contribution in [0.15, 0.2) is 36.7 Å². The normalized spacial score (nSPS) is 15.6. The van der Waals surface area contributed by atoms with E-state index >= 15 is 0 Å². The van der Waals surface area contributed by atoms with Gasteiger partial charge in [-0.3, -0.25) is 4.98 Å². The zero-order chi connectivity index (χ0) is 19.4. The van der Waals surface area contributed by atoms with Crippen LogP contribution >= 0.6 is 0 Å². The van der Waals surface area contributed by atoms with Crippen LogP contribution in [-0.2, 0) is 0 Å². The van der Waals surface area contributed by atoms with E-state index in [9.17, 15) is 4.79 Å². The largest absolute Gasteiger partial charge is 0.415 e. The van der Waals surface area contributed by atoms with Gasteiger partial charge in [-0.2, -0.15) is 0 Å². The molecule has 27 heavy (non-hydrogen) atoms. The van der Waals surface area contributed by atoms with Crippen LogP contribution in [0.4, 0.5) is 10.5 Å². The number of ether oxygens (including phenoxy) is 1. The maximum Gasteiger partial charge on any atom is 0.415 e. The predicted molar refractivity (Wildman–Crippen MR) is 109 cm³/mol. The van der Waals surface area contributed by atoms with Crippen LogP contribution in [-0.4, -0.2) is 42.2 Å². The van der Waals surface area contributed by atoms with Crippen molar-refractivity contribution < 1.29 is 9.53 Å². The molecular weight excluding hydrogens is 338 g/mol. The fourth-order valence-corrected chi connectivity index (χ4v) is 3.52. The first-order valence-corrected chi connectivity index (χ1v) is 9.72. The van der Waals surface area contributed by atoms with Crippen molar-refractivity contribution in [3.8, 4) is 5.75 Å². The van der Waals surface area contributed by atoms with Crippen molar-refractivity contribution in [2.75, 3.05) is 31.1 Å². The van der Waals surface area contributed by atoms with Crippen molar-refractivity contribution in [1.82, 2.24) is 9.88 Å². The highest BCUT2D eigenvalue weighted by molar-refractivity contribution is 5.72. The molecule has 144 valence electrons. The summed E-state index contributed by atoms with van der Waals surface area (Å²) in [6.07, 6.45) is 4.43. The van der Waals surface area contributed by atoms with Crippen LogP contribution in [0.5, 0.6) is 5.75 Å². The lowest BCUT2D eigenvalue weighted by Crippen LogP contribution is -2.49. The van der Waals surface area contributed by atoms with Crippen molar-refractivity contribution in [2.24, 2.45) is 0 Å². The predicted octanol–water partition coefficient (Wildman–Crippen LogP) is 4.53. The van der Waals surface area contributed by atoms with Gasteiger partial charge >= 0.3 is 6.09 Å². The first-order chi connectivity index (χ1) is 13.0. The van der Waals surface area contributed by atoms with E-state index in [0.717, 1.165) is 36.3 Å². The van der Waals surface area contributed by atoms with Crippen LogP contribution in [0.2, 0.25) is 0 Å². The summed E-state index contributed by atoms with van der Waals surface area (Å²) in [5, 5.41) is 0. The van der Waals surface area contributed by atoms with E-state index < -0.39 is 0 Å². The van der Waals surface area contributed by atoms with Gasteiger partial charge < -0.3 is 14.5 Å². The molecule has 2 heterocycles. The quantitative estimate of drug-likeness (QED) is 0.796. The third-order valence-corrected chi connectivity index (χ3v) is 5.42. The van der Waals surface area contributed by atoms with Gasteiger partial charge in [-0.25, -0.2) is 4.79 Å². The van der Waals surface area contributed by atoms with E-state index in [2.05, 4.69) is 35.9 Å². The minimum Gasteiger partial charge on any atom is -0.410 e. The zero-order valence-electron chi connectivity index (χ0n) is 16.7. The van der Waals surface area contributed by atoms with Gasteiger partial charge in [0.25, 0.3) is 0 Å². The number of hydrogen-bond donors (Lipinski definition) is 0. The number of aromatic nitrogens is 1. The molecule has 1 saturated heterocycles. The molecule has 1 atom stereocenters. The maximum absolute atomic E-state index is 12.7. The Bertz CT molecular complexity index is 760. The Morgan fingerprint density at radius 2 is 1.70 bits per heavy atom. The molecule has 5 heteroatoms. The van der Waals surface area contributed by atoms with E-state index in [1.165, 1.54) is 5.56 Å². The Morgan fingerprint density at radius 1 is 1.11 bits per heavy atom. The summed E-state index contributed by atoms with van der Waals surface area (Å²) in [5.41, 5.74) is 4.49. The average Bonchev–Trinajstić information content (AvgIpc) is 2.70. The highest BCUT2D eigenvalue weighted by atomic mass is 16.6. The van der Waals surface area contributed by atoms with Crippen molar-refractivity contribution in [3.63, 3.8) is 0 Å². The number of amides is 1. The van der Waals surface area contributed by atoms with Gasteiger partial charge in [0.15, 0.2) is 0 Å². The highest BCUT2D eigenvalue weighted by Crippen LogP contribution is 2.30. The molecule has 1 unspecified atom stereocenters. The van der Waals surface area contributed by atoms with E-state index in [-0.39, 0.29) is 6.09 Å². The number of carbonyl (C=O) groups is 1. The first kappa shape index (κ1) is 19.2. The third-order valence-electron chi connectivity index (χ3n) is 5.42. The van der Waals surface area contributed by atoms with Crippen LogP contribution in [0.1, 0.15) is 42.9 Å². The number of carbonyl (C=O) groups excluding carboxylic acids is 1. The SMILES string of the molecule is CCC(C)c1cc(C)c(OC(=O)N2CCN(c3ccncc3)CC2)c(C)c1. The number of anilines is 1. The van der Waals surface area contributed by atoms with Crippen molar-refractivity contribution >= 4 is 11.8 Å². The number of aryl methyl sites for hydroxylation is 2. The van der Waals surface area contributed by atoms with Crippen LogP contribution in [0, 0.1) is 13.8 Å². The molecule has 5 nitrogen and oxygen atoms in total. The lowest BCUT2D eigenvalue weighted by Gasteiger charge is -2.35. The number of piperazine rings is 1. The highest BCUT2D eigenvalue weighted by Gasteiger charge is 2.24. The molecule has 0 radical (unpaired) electrons. The fraction of sp³-hybridized carbons (Fsp3) is 0.455. The fourth-order valence-electron chi connectivity index (χ4n) is 3.52. The molecular formula is C22H29N3O2. The van der Waals surface area contributed by atoms with Crippen molar-refractivity contribution in [3.05, 3.63) is 53.3 Å². The Balaban J connectivity index is 1.63. The molecule has 2 aromatic rings. The molecule has 0 N–H and O–H groups in total. The number of nitrogens with zero attached hydrogens (tertiary/aromatic N) is 3. The van der Waals surface area contributed by atoms with Crippen LogP contribution < -0.4 is 9.64 Å². The monoisotopic (exact) mass is 367 g/mol. The second-order valence-electron chi connectivity index (χ2n) is 7.34. The number of pyridine rings is 1. The minimum absolute atomic E-state index is 0.258. The minimum atomic E-state index is -0.258. The first-order valence-electron chi connectivity index (χ1n) is 9.72. The number of hydrogen-bond acceptors (Lipinski definition) is 4. The maximum atomic E-state index is 12.7. The molecule has 1 aromatic heterocycles. The molecule has 3 rings (SSSR count). The van der Waals surface area contributed by atoms with Crippen LogP contribution in [0.25, 0.3) is 0 Å². The zero-order valence-corrected chi connectivity index (χ0v) is 16.7. The van der Waals surface area contributed by atoms with Crippen LogP contribution in [0.3, 0.4) is 0 Å². The molecule has 0 bridgehead atoms. The topological polar surface area (TPSA) is 45.7 Å². The van der Waals surface area contributed by atoms with E-state index in [4.69, 9.17) is 4.74 Å². The summed E-state index contributed by atoms with van der Waals surface area (Å²) in [6.45, 7) is 11.4. The van der Waals surface area contributed by atoms with E-state index in [1.807, 2.05) is 26.0 Å². The number of benzene rings is 1. The van der Waals surface area contributed by atoms with E-state index in [1.54, 1.807) is 17.3 Å². The van der Waals surface area contributed by atoms with Gasteiger partial charge in [0.1, 0.15) is 5.75 Å². The molecule has 0 saturated carbocycles. The molecule has 1 amide bonds. The summed E-state index contributed by atoms with van der Waals surface area (Å²) < 4.78 is 5.78. The second-order valence-corrected chi connectivity index (χ2v) is 7.34. The van der Waals surface area contributed by atoms with Gasteiger partial charge in [-0.15, -0.1) is 0 Å². The third kappa shape index (κ3) is 4.41. The Labute approximate surface area is 162 Å². The summed E-state index contributed by atoms with van der Waals surface area (Å²) >= 11 is 0. The Morgan fingerprint density at radius 3 is 2.26 bits per heavy atom. The van der Waals surface area contributed by atoms with Crippen molar-refractivity contribution in [1.29, 1.82) is 0 Å². The van der Waals surface area contributed by atoms with Gasteiger partial charge in [-0.1, -0.05) is 26.0 Å². The molecule has 1 fully saturated rings. The molecule has 0 aliphatic carbocycles. The Kier molecular flexibility index (Phi) is 5.99. The summed E-state index contributed by atoms with van der Waals surface area (Å²) in [5.74, 6) is 1.21. The average molecular weight is 367 g/mol. The molecule has 1 aliphatic heterocycles. The summed E-state index contributed by atoms with van der Waals surface area (Å²) in [7, 11) is 0. The smallest absolute Gasteiger partial charge is 0.410 e. The lowest BCUT2D eigenvalue weighted by atomic mass is 9.94. The molecule has 1 aliphatic rings. The van der Waals surface area contributed by atoms with Gasteiger partial charge in [0.05, 0.1) is 0 Å². The summed E-state index contributed by atoms with van der Waals surface area (Å²) in [6, 6.07) is 8.29. The molecule has 0 spiro atoms. The Hall–Kier alpha value is -2.56.